The van der Waals surface area contributed by atoms with Crippen molar-refractivity contribution in [1.82, 2.24) is 14.5 Å². The molecule has 0 saturated carbocycles. The first-order chi connectivity index (χ1) is 12.7. The molecule has 0 aliphatic heterocycles. The lowest BCUT2D eigenvalue weighted by atomic mass is 10.1. The van der Waals surface area contributed by atoms with Crippen molar-refractivity contribution in [3.63, 3.8) is 0 Å². The average Bonchev–Trinajstić information content (AvgIpc) is 3.24. The van der Waals surface area contributed by atoms with E-state index in [-0.39, 0.29) is 0 Å². The summed E-state index contributed by atoms with van der Waals surface area (Å²) in [5.74, 6) is 1.74. The quantitative estimate of drug-likeness (QED) is 0.517. The Kier molecular flexibility index (Phi) is 4.31. The number of ether oxygens (including phenoxy) is 1. The summed E-state index contributed by atoms with van der Waals surface area (Å²) in [6, 6.07) is 16.2. The number of benzene rings is 2. The van der Waals surface area contributed by atoms with E-state index in [2.05, 4.69) is 28.2 Å². The Hall–Kier alpha value is -2.92. The summed E-state index contributed by atoms with van der Waals surface area (Å²) in [6.45, 7) is 2.01. The molecule has 4 aromatic rings. The van der Waals surface area contributed by atoms with Crippen molar-refractivity contribution in [3.8, 4) is 5.75 Å². The Morgan fingerprint density at radius 3 is 2.69 bits per heavy atom. The predicted molar refractivity (Wildman–Crippen MR) is 108 cm³/mol. The maximum Gasteiger partial charge on any atom is 0.143 e. The van der Waals surface area contributed by atoms with Crippen LogP contribution in [0.15, 0.2) is 53.9 Å². The van der Waals surface area contributed by atoms with Crippen LogP contribution in [0.25, 0.3) is 22.7 Å². The van der Waals surface area contributed by atoms with E-state index in [1.807, 2.05) is 50.4 Å². The molecule has 0 fully saturated rings. The number of aromatic nitrogens is 3. The van der Waals surface area contributed by atoms with Gasteiger partial charge in [-0.25, -0.2) is 9.97 Å². The van der Waals surface area contributed by atoms with Crippen LogP contribution in [0, 0.1) is 6.92 Å². The average molecular weight is 361 g/mol. The Labute approximate surface area is 156 Å². The zero-order valence-corrected chi connectivity index (χ0v) is 15.7. The lowest BCUT2D eigenvalue weighted by Crippen LogP contribution is -1.99. The molecule has 0 spiro atoms. The van der Waals surface area contributed by atoms with E-state index in [4.69, 9.17) is 14.7 Å². The van der Waals surface area contributed by atoms with Crippen LogP contribution >= 0.6 is 11.3 Å². The lowest BCUT2D eigenvalue weighted by molar-refractivity contribution is 0.414. The van der Waals surface area contributed by atoms with Gasteiger partial charge in [0.05, 0.1) is 23.7 Å². The van der Waals surface area contributed by atoms with Crippen LogP contribution < -0.4 is 4.74 Å². The molecular formula is C21H19N3OS. The second-order valence-electron chi connectivity index (χ2n) is 6.11. The van der Waals surface area contributed by atoms with Gasteiger partial charge in [0.1, 0.15) is 16.6 Å². The van der Waals surface area contributed by atoms with E-state index in [0.29, 0.717) is 0 Å². The van der Waals surface area contributed by atoms with Crippen LogP contribution in [0.5, 0.6) is 5.75 Å². The molecule has 0 aliphatic rings. The number of nitrogens with zero attached hydrogens (tertiary/aromatic N) is 3. The monoisotopic (exact) mass is 361 g/mol. The van der Waals surface area contributed by atoms with Crippen molar-refractivity contribution in [2.24, 2.45) is 7.05 Å². The number of para-hydroxylation sites is 2. The van der Waals surface area contributed by atoms with E-state index in [1.165, 1.54) is 0 Å². The van der Waals surface area contributed by atoms with Crippen molar-refractivity contribution < 1.29 is 4.74 Å². The Morgan fingerprint density at radius 2 is 1.96 bits per heavy atom. The maximum atomic E-state index is 5.36. The van der Waals surface area contributed by atoms with Crippen LogP contribution in [0.4, 0.5) is 0 Å². The second kappa shape index (κ2) is 6.77. The number of hydrogen-bond acceptors (Lipinski definition) is 4. The number of methoxy groups -OCH3 is 1. The highest BCUT2D eigenvalue weighted by molar-refractivity contribution is 7.11. The zero-order valence-electron chi connectivity index (χ0n) is 14.9. The normalized spacial score (nSPS) is 11.9. The summed E-state index contributed by atoms with van der Waals surface area (Å²) in [5.41, 5.74) is 5.16. The molecule has 4 rings (SSSR count). The molecule has 2 aromatic carbocycles. The molecule has 5 heteroatoms. The fourth-order valence-electron chi connectivity index (χ4n) is 2.98. The van der Waals surface area contributed by atoms with Crippen LogP contribution in [0.1, 0.15) is 22.1 Å². The number of imidazole rings is 1. The lowest BCUT2D eigenvalue weighted by Gasteiger charge is -2.07. The topological polar surface area (TPSA) is 39.9 Å². The summed E-state index contributed by atoms with van der Waals surface area (Å²) < 4.78 is 7.48. The Bertz CT molecular complexity index is 1110. The predicted octanol–water partition coefficient (Wildman–Crippen LogP) is 4.94. The molecule has 0 bridgehead atoms. The van der Waals surface area contributed by atoms with Crippen molar-refractivity contribution >= 4 is 34.0 Å². The van der Waals surface area contributed by atoms with Gasteiger partial charge in [0.25, 0.3) is 0 Å². The van der Waals surface area contributed by atoms with Gasteiger partial charge in [0, 0.05) is 18.1 Å². The largest absolute Gasteiger partial charge is 0.497 e. The number of hydrogen-bond donors (Lipinski definition) is 0. The van der Waals surface area contributed by atoms with Gasteiger partial charge in [0.2, 0.25) is 0 Å². The first kappa shape index (κ1) is 16.5. The van der Waals surface area contributed by atoms with Crippen molar-refractivity contribution in [3.05, 3.63) is 76.0 Å². The standard InChI is InChI=1S/C21H19N3OS/c1-14-13-26-21(22-14)17(12-15-7-6-8-16(11-15)25-3)20-23-18-9-4-5-10-19(18)24(20)2/h4-13H,1-3H3. The van der Waals surface area contributed by atoms with Crippen LogP contribution in [0.3, 0.4) is 0 Å². The van der Waals surface area contributed by atoms with Gasteiger partial charge >= 0.3 is 0 Å². The zero-order chi connectivity index (χ0) is 18.1. The number of rotatable bonds is 4. The minimum atomic E-state index is 0.832. The highest BCUT2D eigenvalue weighted by atomic mass is 32.1. The third-order valence-corrected chi connectivity index (χ3v) is 5.28. The molecule has 2 aromatic heterocycles. The molecule has 0 amide bonds. The molecule has 0 atom stereocenters. The van der Waals surface area contributed by atoms with Crippen molar-refractivity contribution in [2.45, 2.75) is 6.92 Å². The Morgan fingerprint density at radius 1 is 1.12 bits per heavy atom. The molecular weight excluding hydrogens is 342 g/mol. The van der Waals surface area contributed by atoms with Crippen LogP contribution in [-0.4, -0.2) is 21.6 Å². The van der Waals surface area contributed by atoms with Crippen LogP contribution in [-0.2, 0) is 7.05 Å². The smallest absolute Gasteiger partial charge is 0.143 e. The maximum absolute atomic E-state index is 5.36. The van der Waals surface area contributed by atoms with E-state index < -0.39 is 0 Å². The first-order valence-corrected chi connectivity index (χ1v) is 9.24. The summed E-state index contributed by atoms with van der Waals surface area (Å²) in [6.07, 6.45) is 2.13. The number of aryl methyl sites for hydroxylation is 2. The van der Waals surface area contributed by atoms with E-state index in [0.717, 1.165) is 44.4 Å². The molecule has 4 nitrogen and oxygen atoms in total. The molecule has 26 heavy (non-hydrogen) atoms. The molecule has 0 N–H and O–H groups in total. The van der Waals surface area contributed by atoms with Gasteiger partial charge in [-0.05, 0) is 42.8 Å². The molecule has 0 saturated heterocycles. The van der Waals surface area contributed by atoms with Gasteiger partial charge in [-0.15, -0.1) is 11.3 Å². The highest BCUT2D eigenvalue weighted by Gasteiger charge is 2.16. The molecule has 0 unspecified atom stereocenters. The second-order valence-corrected chi connectivity index (χ2v) is 6.97. The van der Waals surface area contributed by atoms with Gasteiger partial charge < -0.3 is 9.30 Å². The first-order valence-electron chi connectivity index (χ1n) is 8.36. The molecule has 130 valence electrons. The van der Waals surface area contributed by atoms with Crippen molar-refractivity contribution in [2.75, 3.05) is 7.11 Å². The minimum absolute atomic E-state index is 0.832. The Balaban J connectivity index is 1.93. The summed E-state index contributed by atoms with van der Waals surface area (Å²) in [4.78, 5) is 9.57. The number of thiazole rings is 1. The van der Waals surface area contributed by atoms with E-state index >= 15 is 0 Å². The molecule has 2 heterocycles. The van der Waals surface area contributed by atoms with Gasteiger partial charge in [-0.1, -0.05) is 24.3 Å². The van der Waals surface area contributed by atoms with Gasteiger partial charge in [-0.3, -0.25) is 0 Å². The summed E-state index contributed by atoms with van der Waals surface area (Å²) in [5, 5.41) is 3.03. The van der Waals surface area contributed by atoms with E-state index in [9.17, 15) is 0 Å². The van der Waals surface area contributed by atoms with Gasteiger partial charge in [0.15, 0.2) is 0 Å². The van der Waals surface area contributed by atoms with Gasteiger partial charge in [-0.2, -0.15) is 0 Å². The SMILES string of the molecule is COc1cccc(C=C(c2nc(C)cs2)c2nc3ccccc3n2C)c1. The van der Waals surface area contributed by atoms with Crippen LogP contribution in [0.2, 0.25) is 0 Å². The van der Waals surface area contributed by atoms with Crippen molar-refractivity contribution in [1.29, 1.82) is 0 Å². The fourth-order valence-corrected chi connectivity index (χ4v) is 3.79. The van der Waals surface area contributed by atoms with E-state index in [1.54, 1.807) is 18.4 Å². The third kappa shape index (κ3) is 3.02. The number of fused-ring (bicyclic) bond motifs is 1. The summed E-state index contributed by atoms with van der Waals surface area (Å²) in [7, 11) is 3.73. The molecule has 0 aliphatic carbocycles. The highest BCUT2D eigenvalue weighted by Crippen LogP contribution is 2.30. The minimum Gasteiger partial charge on any atom is -0.497 e. The molecule has 0 radical (unpaired) electrons. The fraction of sp³-hybridized carbons (Fsp3) is 0.143. The third-order valence-electron chi connectivity index (χ3n) is 4.28. The summed E-state index contributed by atoms with van der Waals surface area (Å²) >= 11 is 1.64.